The molecule has 5 heteroatoms. The zero-order valence-corrected chi connectivity index (χ0v) is 16.4. The summed E-state index contributed by atoms with van der Waals surface area (Å²) in [6, 6.07) is 25.1. The molecular weight excluding hydrogens is 366 g/mol. The van der Waals surface area contributed by atoms with E-state index in [0.29, 0.717) is 24.7 Å². The van der Waals surface area contributed by atoms with Gasteiger partial charge in [0.1, 0.15) is 18.8 Å². The lowest BCUT2D eigenvalue weighted by molar-refractivity contribution is -0.142. The van der Waals surface area contributed by atoms with E-state index in [1.165, 1.54) is 6.92 Å². The molecular formula is C24H25NO4. The first-order valence-corrected chi connectivity index (χ1v) is 9.43. The summed E-state index contributed by atoms with van der Waals surface area (Å²) in [5.41, 5.74) is 7.40. The van der Waals surface area contributed by atoms with Crippen molar-refractivity contribution in [2.24, 2.45) is 5.73 Å². The number of hydrogen-bond donors (Lipinski definition) is 2. The van der Waals surface area contributed by atoms with Crippen LogP contribution in [0.3, 0.4) is 0 Å². The molecule has 0 fully saturated rings. The van der Waals surface area contributed by atoms with E-state index in [2.05, 4.69) is 0 Å². The highest BCUT2D eigenvalue weighted by Gasteiger charge is 2.28. The van der Waals surface area contributed by atoms with Crippen LogP contribution in [-0.2, 0) is 24.4 Å². The van der Waals surface area contributed by atoms with E-state index in [1.807, 2.05) is 66.7 Å². The Balaban J connectivity index is 1.80. The van der Waals surface area contributed by atoms with Crippen molar-refractivity contribution in [1.82, 2.24) is 0 Å². The van der Waals surface area contributed by atoms with Crippen molar-refractivity contribution < 1.29 is 19.4 Å². The monoisotopic (exact) mass is 391 g/mol. The molecule has 1 atom stereocenters. The van der Waals surface area contributed by atoms with Crippen LogP contribution in [-0.4, -0.2) is 16.6 Å². The fourth-order valence-corrected chi connectivity index (χ4v) is 2.86. The Morgan fingerprint density at radius 2 is 1.34 bits per heavy atom. The standard InChI is InChI=1S/C24H25NO4/c1-24(25,23(26)27)15-20-12-13-21(28-16-18-8-4-2-5-9-18)22(14-20)29-17-19-10-6-3-7-11-19/h2-14H,15-17,25H2,1H3,(H,26,27)/t24-/m0/s1. The summed E-state index contributed by atoms with van der Waals surface area (Å²) in [6.07, 6.45) is 0.184. The molecule has 0 radical (unpaired) electrons. The second kappa shape index (κ2) is 9.26. The molecule has 0 spiro atoms. The smallest absolute Gasteiger partial charge is 0.323 e. The highest BCUT2D eigenvalue weighted by Crippen LogP contribution is 2.31. The number of carbonyl (C=O) groups is 1. The van der Waals surface area contributed by atoms with E-state index < -0.39 is 11.5 Å². The Morgan fingerprint density at radius 3 is 1.86 bits per heavy atom. The first-order valence-electron chi connectivity index (χ1n) is 9.43. The van der Waals surface area contributed by atoms with Gasteiger partial charge in [-0.15, -0.1) is 0 Å². The van der Waals surface area contributed by atoms with Gasteiger partial charge in [-0.2, -0.15) is 0 Å². The zero-order chi connectivity index (χ0) is 20.7. The predicted molar refractivity (Wildman–Crippen MR) is 112 cm³/mol. The summed E-state index contributed by atoms with van der Waals surface area (Å²) < 4.78 is 12.0. The van der Waals surface area contributed by atoms with E-state index in [1.54, 1.807) is 12.1 Å². The molecule has 3 N–H and O–H groups in total. The fraction of sp³-hybridized carbons (Fsp3) is 0.208. The fourth-order valence-electron chi connectivity index (χ4n) is 2.86. The van der Waals surface area contributed by atoms with Crippen molar-refractivity contribution >= 4 is 5.97 Å². The molecule has 0 unspecified atom stereocenters. The van der Waals surface area contributed by atoms with Gasteiger partial charge in [0.25, 0.3) is 0 Å². The number of ether oxygens (including phenoxy) is 2. The summed E-state index contributed by atoms with van der Waals surface area (Å²) in [4.78, 5) is 11.4. The Bertz CT molecular complexity index is 940. The lowest BCUT2D eigenvalue weighted by atomic mass is 9.94. The van der Waals surface area contributed by atoms with Crippen LogP contribution in [0, 0.1) is 0 Å². The predicted octanol–water partition coefficient (Wildman–Crippen LogP) is 4.19. The Labute approximate surface area is 170 Å². The molecule has 3 aromatic carbocycles. The molecule has 0 aliphatic rings. The van der Waals surface area contributed by atoms with E-state index in [-0.39, 0.29) is 6.42 Å². The number of carboxylic acid groups (broad SMARTS) is 1. The number of nitrogens with two attached hydrogens (primary N) is 1. The molecule has 0 aromatic heterocycles. The first-order chi connectivity index (χ1) is 13.9. The van der Waals surface area contributed by atoms with Crippen LogP contribution in [0.25, 0.3) is 0 Å². The maximum atomic E-state index is 11.4. The van der Waals surface area contributed by atoms with Crippen molar-refractivity contribution in [3.63, 3.8) is 0 Å². The quantitative estimate of drug-likeness (QED) is 0.572. The van der Waals surface area contributed by atoms with Gasteiger partial charge in [-0.25, -0.2) is 0 Å². The van der Waals surface area contributed by atoms with E-state index >= 15 is 0 Å². The van der Waals surface area contributed by atoms with Gasteiger partial charge in [0.15, 0.2) is 11.5 Å². The van der Waals surface area contributed by atoms with Gasteiger partial charge in [-0.3, -0.25) is 4.79 Å². The third-order valence-corrected chi connectivity index (χ3v) is 4.54. The third kappa shape index (κ3) is 5.83. The molecule has 5 nitrogen and oxygen atoms in total. The summed E-state index contributed by atoms with van der Waals surface area (Å²) in [6.45, 7) is 2.29. The second-order valence-electron chi connectivity index (χ2n) is 7.23. The van der Waals surface area contributed by atoms with Crippen LogP contribution in [0.4, 0.5) is 0 Å². The molecule has 0 aliphatic carbocycles. The van der Waals surface area contributed by atoms with Crippen molar-refractivity contribution in [2.45, 2.75) is 32.1 Å². The van der Waals surface area contributed by atoms with E-state index in [0.717, 1.165) is 16.7 Å². The largest absolute Gasteiger partial charge is 0.485 e. The molecule has 0 heterocycles. The van der Waals surface area contributed by atoms with Gasteiger partial charge in [0, 0.05) is 6.42 Å². The maximum Gasteiger partial charge on any atom is 0.323 e. The van der Waals surface area contributed by atoms with Gasteiger partial charge in [-0.1, -0.05) is 66.7 Å². The van der Waals surface area contributed by atoms with Crippen LogP contribution in [0.15, 0.2) is 78.9 Å². The average molecular weight is 391 g/mol. The van der Waals surface area contributed by atoms with E-state index in [4.69, 9.17) is 15.2 Å². The lowest BCUT2D eigenvalue weighted by Crippen LogP contribution is -2.46. The van der Waals surface area contributed by atoms with Crippen molar-refractivity contribution in [3.05, 3.63) is 95.6 Å². The molecule has 0 saturated carbocycles. The molecule has 150 valence electrons. The first kappa shape index (κ1) is 20.4. The zero-order valence-electron chi connectivity index (χ0n) is 16.4. The molecule has 0 saturated heterocycles. The molecule has 3 rings (SSSR count). The maximum absolute atomic E-state index is 11.4. The second-order valence-corrected chi connectivity index (χ2v) is 7.23. The summed E-state index contributed by atoms with van der Waals surface area (Å²) >= 11 is 0. The Hall–Kier alpha value is -3.31. The van der Waals surface area contributed by atoms with Crippen LogP contribution < -0.4 is 15.2 Å². The number of benzene rings is 3. The minimum Gasteiger partial charge on any atom is -0.485 e. The minimum absolute atomic E-state index is 0.184. The number of carboxylic acids is 1. The minimum atomic E-state index is -1.36. The highest BCUT2D eigenvalue weighted by atomic mass is 16.5. The normalized spacial score (nSPS) is 12.8. The van der Waals surface area contributed by atoms with Crippen LogP contribution in [0.5, 0.6) is 11.5 Å². The SMILES string of the molecule is C[C@](N)(Cc1ccc(OCc2ccccc2)c(OCc2ccccc2)c1)C(=O)O. The van der Waals surface area contributed by atoms with Crippen LogP contribution in [0.2, 0.25) is 0 Å². The summed E-state index contributed by atoms with van der Waals surface area (Å²) in [5, 5.41) is 9.31. The van der Waals surface area contributed by atoms with Crippen molar-refractivity contribution in [2.75, 3.05) is 0 Å². The molecule has 0 amide bonds. The van der Waals surface area contributed by atoms with Gasteiger partial charge in [0.2, 0.25) is 0 Å². The molecule has 3 aromatic rings. The lowest BCUT2D eigenvalue weighted by Gasteiger charge is -2.20. The van der Waals surface area contributed by atoms with Gasteiger partial charge in [0.05, 0.1) is 0 Å². The number of hydrogen-bond acceptors (Lipinski definition) is 4. The third-order valence-electron chi connectivity index (χ3n) is 4.54. The van der Waals surface area contributed by atoms with E-state index in [9.17, 15) is 9.90 Å². The molecule has 29 heavy (non-hydrogen) atoms. The van der Waals surface area contributed by atoms with Crippen LogP contribution >= 0.6 is 0 Å². The van der Waals surface area contributed by atoms with Crippen molar-refractivity contribution in [3.8, 4) is 11.5 Å². The Morgan fingerprint density at radius 1 is 0.828 bits per heavy atom. The Kier molecular flexibility index (Phi) is 6.52. The van der Waals surface area contributed by atoms with Crippen LogP contribution in [0.1, 0.15) is 23.6 Å². The van der Waals surface area contributed by atoms with Gasteiger partial charge in [-0.05, 0) is 35.7 Å². The van der Waals surface area contributed by atoms with Crippen molar-refractivity contribution in [1.29, 1.82) is 0 Å². The molecule has 0 aliphatic heterocycles. The topological polar surface area (TPSA) is 81.8 Å². The van der Waals surface area contributed by atoms with Gasteiger partial charge < -0.3 is 20.3 Å². The van der Waals surface area contributed by atoms with Gasteiger partial charge >= 0.3 is 5.97 Å². The number of aliphatic carboxylic acids is 1. The number of rotatable bonds is 9. The molecule has 0 bridgehead atoms. The highest BCUT2D eigenvalue weighted by molar-refractivity contribution is 5.78. The summed E-state index contributed by atoms with van der Waals surface area (Å²) in [5.74, 6) is 0.111. The summed E-state index contributed by atoms with van der Waals surface area (Å²) in [7, 11) is 0. The average Bonchev–Trinajstić information content (AvgIpc) is 2.72.